The minimum atomic E-state index is -0.658. The van der Waals surface area contributed by atoms with E-state index in [-0.39, 0.29) is 36.2 Å². The molecule has 1 aliphatic heterocycles. The number of halogens is 1. The van der Waals surface area contributed by atoms with Crippen molar-refractivity contribution in [2.45, 2.75) is 13.2 Å². The lowest BCUT2D eigenvalue weighted by Crippen LogP contribution is -2.30. The lowest BCUT2D eigenvalue weighted by Gasteiger charge is -2.10. The number of amides is 3. The van der Waals surface area contributed by atoms with Crippen LogP contribution in [-0.4, -0.2) is 29.9 Å². The van der Waals surface area contributed by atoms with E-state index in [1.807, 2.05) is 0 Å². The van der Waals surface area contributed by atoms with Crippen LogP contribution in [-0.2, 0) is 22.7 Å². The zero-order chi connectivity index (χ0) is 23.4. The Hall–Kier alpha value is -4.40. The minimum Gasteiger partial charge on any atom is -0.488 e. The van der Waals surface area contributed by atoms with Gasteiger partial charge in [0.15, 0.2) is 0 Å². The molecule has 9 heteroatoms. The average molecular weight is 450 g/mol. The van der Waals surface area contributed by atoms with Crippen molar-refractivity contribution in [2.24, 2.45) is 0 Å². The van der Waals surface area contributed by atoms with E-state index in [9.17, 15) is 18.8 Å². The van der Waals surface area contributed by atoms with Crippen LogP contribution in [0, 0.1) is 5.82 Å². The summed E-state index contributed by atoms with van der Waals surface area (Å²) in [6.07, 6.45) is 1.50. The molecule has 1 fully saturated rings. The second kappa shape index (κ2) is 9.39. The molecule has 3 amide bonds. The van der Waals surface area contributed by atoms with Gasteiger partial charge in [0, 0.05) is 5.56 Å². The van der Waals surface area contributed by atoms with Crippen LogP contribution in [0.1, 0.15) is 27.4 Å². The van der Waals surface area contributed by atoms with Crippen molar-refractivity contribution in [3.05, 3.63) is 94.8 Å². The number of urea groups is 1. The first-order valence-electron chi connectivity index (χ1n) is 9.92. The molecule has 3 aromatic rings. The Morgan fingerprint density at radius 1 is 1.12 bits per heavy atom. The van der Waals surface area contributed by atoms with Gasteiger partial charge in [-0.25, -0.2) is 14.0 Å². The number of ether oxygens (including phenoxy) is 2. The number of carbonyl (C=O) groups excluding carboxylic acids is 3. The fourth-order valence-electron chi connectivity index (χ4n) is 3.22. The Morgan fingerprint density at radius 3 is 2.73 bits per heavy atom. The normalized spacial score (nSPS) is 14.5. The molecule has 1 saturated heterocycles. The molecule has 1 aliphatic rings. The molecular formula is C24H19FN2O6. The van der Waals surface area contributed by atoms with Gasteiger partial charge in [-0.1, -0.05) is 30.3 Å². The molecule has 1 N–H and O–H groups in total. The summed E-state index contributed by atoms with van der Waals surface area (Å²) in [5, 5.41) is 2.53. The monoisotopic (exact) mass is 450 g/mol. The maximum Gasteiger partial charge on any atom is 0.373 e. The van der Waals surface area contributed by atoms with E-state index in [4.69, 9.17) is 9.15 Å². The summed E-state index contributed by atoms with van der Waals surface area (Å²) in [5.74, 6) is -0.895. The van der Waals surface area contributed by atoms with Gasteiger partial charge in [-0.2, -0.15) is 0 Å². The number of benzene rings is 2. The third-order valence-corrected chi connectivity index (χ3v) is 4.83. The van der Waals surface area contributed by atoms with Gasteiger partial charge < -0.3 is 19.2 Å². The lowest BCUT2D eigenvalue weighted by molar-refractivity contribution is -0.123. The predicted molar refractivity (Wildman–Crippen MR) is 114 cm³/mol. The fraction of sp³-hybridized carbons (Fsp3) is 0.125. The molecule has 0 saturated carbocycles. The number of rotatable bonds is 7. The number of furan rings is 1. The van der Waals surface area contributed by atoms with E-state index in [1.165, 1.54) is 37.5 Å². The molecular weight excluding hydrogens is 431 g/mol. The number of esters is 1. The van der Waals surface area contributed by atoms with Crippen molar-refractivity contribution in [3.8, 4) is 5.75 Å². The van der Waals surface area contributed by atoms with Gasteiger partial charge in [-0.05, 0) is 42.0 Å². The fourth-order valence-corrected chi connectivity index (χ4v) is 3.22. The molecule has 33 heavy (non-hydrogen) atoms. The highest BCUT2D eigenvalue weighted by Gasteiger charge is 2.34. The first-order chi connectivity index (χ1) is 15.9. The van der Waals surface area contributed by atoms with E-state index in [2.05, 4.69) is 10.1 Å². The zero-order valence-corrected chi connectivity index (χ0v) is 17.5. The number of hydrogen-bond acceptors (Lipinski definition) is 6. The second-order valence-corrected chi connectivity index (χ2v) is 7.09. The highest BCUT2D eigenvalue weighted by Crippen LogP contribution is 2.24. The van der Waals surface area contributed by atoms with Crippen LogP contribution in [0.25, 0.3) is 6.08 Å². The van der Waals surface area contributed by atoms with Crippen LogP contribution in [0.5, 0.6) is 5.75 Å². The Bertz CT molecular complexity index is 1250. The Labute approximate surface area is 188 Å². The Balaban J connectivity index is 1.49. The van der Waals surface area contributed by atoms with Crippen LogP contribution >= 0.6 is 0 Å². The van der Waals surface area contributed by atoms with Crippen LogP contribution in [0.3, 0.4) is 0 Å². The van der Waals surface area contributed by atoms with Gasteiger partial charge >= 0.3 is 12.0 Å². The molecule has 0 bridgehead atoms. The molecule has 168 valence electrons. The van der Waals surface area contributed by atoms with Gasteiger partial charge in [-0.3, -0.25) is 9.69 Å². The molecule has 0 radical (unpaired) electrons. The molecule has 0 spiro atoms. The number of nitrogens with one attached hydrogen (secondary N) is 1. The van der Waals surface area contributed by atoms with Crippen LogP contribution in [0.15, 0.2) is 70.8 Å². The standard InChI is InChI=1S/C24H19FN2O6/c1-31-23(29)21-10-9-18(33-21)13-27-22(28)19(26-24(27)30)12-16-6-2-3-8-20(16)32-14-15-5-4-7-17(25)11-15/h2-12H,13-14H2,1H3,(H,26,30)/b19-12-. The topological polar surface area (TPSA) is 98.1 Å². The largest absolute Gasteiger partial charge is 0.488 e. The molecule has 8 nitrogen and oxygen atoms in total. The van der Waals surface area contributed by atoms with Crippen LogP contribution in [0.2, 0.25) is 0 Å². The minimum absolute atomic E-state index is 0.0281. The Morgan fingerprint density at radius 2 is 1.94 bits per heavy atom. The first-order valence-corrected chi connectivity index (χ1v) is 9.92. The van der Waals surface area contributed by atoms with E-state index in [0.29, 0.717) is 16.9 Å². The van der Waals surface area contributed by atoms with Crippen molar-refractivity contribution >= 4 is 24.0 Å². The smallest absolute Gasteiger partial charge is 0.373 e. The summed E-state index contributed by atoms with van der Waals surface area (Å²) < 4.78 is 29.1. The van der Waals surface area contributed by atoms with E-state index in [1.54, 1.807) is 36.4 Å². The molecule has 0 unspecified atom stereocenters. The molecule has 0 atom stereocenters. The number of methoxy groups -OCH3 is 1. The zero-order valence-electron chi connectivity index (χ0n) is 17.5. The number of nitrogens with zero attached hydrogens (tertiary/aromatic N) is 1. The number of imide groups is 1. The summed E-state index contributed by atoms with van der Waals surface area (Å²) in [6, 6.07) is 15.3. The van der Waals surface area contributed by atoms with Crippen molar-refractivity contribution in [2.75, 3.05) is 7.11 Å². The van der Waals surface area contributed by atoms with Gasteiger partial charge in [0.05, 0.1) is 13.7 Å². The van der Waals surface area contributed by atoms with E-state index >= 15 is 0 Å². The highest BCUT2D eigenvalue weighted by atomic mass is 19.1. The molecule has 0 aliphatic carbocycles. The Kier molecular flexibility index (Phi) is 6.21. The van der Waals surface area contributed by atoms with Gasteiger partial charge in [0.2, 0.25) is 5.76 Å². The van der Waals surface area contributed by atoms with Crippen LogP contribution in [0.4, 0.5) is 9.18 Å². The third kappa shape index (κ3) is 4.93. The summed E-state index contributed by atoms with van der Waals surface area (Å²) >= 11 is 0. The van der Waals surface area contributed by atoms with Gasteiger partial charge in [0.25, 0.3) is 5.91 Å². The maximum atomic E-state index is 13.4. The molecule has 1 aromatic heterocycles. The average Bonchev–Trinajstić information content (AvgIpc) is 3.38. The van der Waals surface area contributed by atoms with E-state index in [0.717, 1.165) is 4.90 Å². The SMILES string of the molecule is COC(=O)c1ccc(CN2C(=O)N/C(=C\c3ccccc3OCc3cccc(F)c3)C2=O)o1. The van der Waals surface area contributed by atoms with E-state index < -0.39 is 17.9 Å². The number of carbonyl (C=O) groups is 3. The molecule has 2 heterocycles. The summed E-state index contributed by atoms with van der Waals surface area (Å²) in [5.41, 5.74) is 1.27. The van der Waals surface area contributed by atoms with Crippen molar-refractivity contribution in [1.29, 1.82) is 0 Å². The summed E-state index contributed by atoms with van der Waals surface area (Å²) in [7, 11) is 1.22. The first kappa shape index (κ1) is 21.8. The second-order valence-electron chi connectivity index (χ2n) is 7.09. The number of hydrogen-bond donors (Lipinski definition) is 1. The quantitative estimate of drug-likeness (QED) is 0.333. The molecule has 2 aromatic carbocycles. The predicted octanol–water partition coefficient (Wildman–Crippen LogP) is 3.88. The summed E-state index contributed by atoms with van der Waals surface area (Å²) in [4.78, 5) is 37.7. The van der Waals surface area contributed by atoms with Gasteiger partial charge in [-0.15, -0.1) is 0 Å². The maximum absolute atomic E-state index is 13.4. The number of para-hydroxylation sites is 1. The van der Waals surface area contributed by atoms with Crippen molar-refractivity contribution in [1.82, 2.24) is 10.2 Å². The van der Waals surface area contributed by atoms with Crippen molar-refractivity contribution in [3.63, 3.8) is 0 Å². The third-order valence-electron chi connectivity index (χ3n) is 4.83. The van der Waals surface area contributed by atoms with Gasteiger partial charge in [0.1, 0.15) is 29.6 Å². The van der Waals surface area contributed by atoms with Crippen molar-refractivity contribution < 1.29 is 32.7 Å². The highest BCUT2D eigenvalue weighted by molar-refractivity contribution is 6.14. The van der Waals surface area contributed by atoms with Crippen LogP contribution < -0.4 is 10.1 Å². The molecule has 4 rings (SSSR count). The summed E-state index contributed by atoms with van der Waals surface area (Å²) in [6.45, 7) is -0.0257. The lowest BCUT2D eigenvalue weighted by atomic mass is 10.1.